The van der Waals surface area contributed by atoms with Gasteiger partial charge in [-0.3, -0.25) is 14.9 Å². The van der Waals surface area contributed by atoms with Gasteiger partial charge in [0, 0.05) is 17.0 Å². The number of nitrogens with one attached hydrogen (secondary N) is 1. The van der Waals surface area contributed by atoms with Gasteiger partial charge in [0.2, 0.25) is 5.91 Å². The second-order valence-electron chi connectivity index (χ2n) is 4.32. The number of benzene rings is 1. The molecule has 8 heteroatoms. The highest BCUT2D eigenvalue weighted by molar-refractivity contribution is 8.00. The fourth-order valence-corrected chi connectivity index (χ4v) is 2.41. The third-order valence-electron chi connectivity index (χ3n) is 2.75. The van der Waals surface area contributed by atoms with Crippen molar-refractivity contribution < 1.29 is 19.6 Å². The predicted octanol–water partition coefficient (Wildman–Crippen LogP) is 2.05. The monoisotopic (exact) mass is 312 g/mol. The topological polar surface area (TPSA) is 110 Å². The van der Waals surface area contributed by atoms with E-state index in [1.807, 2.05) is 0 Å². The van der Waals surface area contributed by atoms with Gasteiger partial charge in [-0.15, -0.1) is 11.8 Å². The van der Waals surface area contributed by atoms with Crippen LogP contribution in [0, 0.1) is 10.1 Å². The fraction of sp³-hybridized carbons (Fsp3) is 0.385. The number of amides is 1. The summed E-state index contributed by atoms with van der Waals surface area (Å²) in [5.41, 5.74) is -0.0200. The lowest BCUT2D eigenvalue weighted by Gasteiger charge is -2.16. The number of carbonyl (C=O) groups excluding carboxylic acids is 1. The molecule has 0 bridgehead atoms. The maximum Gasteiger partial charge on any atom is 0.326 e. The van der Waals surface area contributed by atoms with Crippen molar-refractivity contribution in [2.45, 2.75) is 36.5 Å². The molecule has 0 saturated carbocycles. The molecule has 0 heterocycles. The van der Waals surface area contributed by atoms with Gasteiger partial charge in [0.25, 0.3) is 5.69 Å². The minimum Gasteiger partial charge on any atom is -0.480 e. The summed E-state index contributed by atoms with van der Waals surface area (Å²) in [7, 11) is 0. The molecule has 0 spiro atoms. The molecule has 0 fully saturated rings. The van der Waals surface area contributed by atoms with Crippen LogP contribution >= 0.6 is 11.8 Å². The standard InChI is InChI=1S/C13H16N2O5S/c1-3-11(13(17)18)14-12(16)8(2)21-10-6-4-9(5-7-10)15(19)20/h4-8,11H,3H2,1-2H3,(H,14,16)(H,17,18). The molecule has 1 aromatic rings. The van der Waals surface area contributed by atoms with E-state index in [2.05, 4.69) is 5.32 Å². The molecule has 0 aliphatic heterocycles. The molecule has 0 aromatic heterocycles. The Kier molecular flexibility index (Phi) is 6.16. The third kappa shape index (κ3) is 5.07. The van der Waals surface area contributed by atoms with E-state index in [1.165, 1.54) is 23.9 Å². The Morgan fingerprint density at radius 2 is 1.95 bits per heavy atom. The lowest BCUT2D eigenvalue weighted by molar-refractivity contribution is -0.384. The van der Waals surface area contributed by atoms with Crippen LogP contribution in [0.15, 0.2) is 29.2 Å². The van der Waals surface area contributed by atoms with Gasteiger partial charge in [0.1, 0.15) is 6.04 Å². The average molecular weight is 312 g/mol. The summed E-state index contributed by atoms with van der Waals surface area (Å²) < 4.78 is 0. The van der Waals surface area contributed by atoms with Crippen molar-refractivity contribution in [3.63, 3.8) is 0 Å². The van der Waals surface area contributed by atoms with Crippen molar-refractivity contribution in [3.8, 4) is 0 Å². The number of nitro benzene ring substituents is 1. The molecule has 1 rings (SSSR count). The van der Waals surface area contributed by atoms with Crippen LogP contribution in [0.3, 0.4) is 0 Å². The van der Waals surface area contributed by atoms with Crippen molar-refractivity contribution in [2.24, 2.45) is 0 Å². The van der Waals surface area contributed by atoms with Gasteiger partial charge in [-0.05, 0) is 25.5 Å². The smallest absolute Gasteiger partial charge is 0.326 e. The highest BCUT2D eigenvalue weighted by Crippen LogP contribution is 2.25. The van der Waals surface area contributed by atoms with Crippen LogP contribution in [0.1, 0.15) is 20.3 Å². The number of carboxylic acid groups (broad SMARTS) is 1. The number of hydrogen-bond donors (Lipinski definition) is 2. The lowest BCUT2D eigenvalue weighted by Crippen LogP contribution is -2.43. The molecule has 7 nitrogen and oxygen atoms in total. The Hall–Kier alpha value is -2.09. The van der Waals surface area contributed by atoms with Gasteiger partial charge >= 0.3 is 5.97 Å². The molecule has 0 aliphatic rings. The van der Waals surface area contributed by atoms with Gasteiger partial charge < -0.3 is 10.4 Å². The van der Waals surface area contributed by atoms with E-state index in [9.17, 15) is 19.7 Å². The Morgan fingerprint density at radius 1 is 1.38 bits per heavy atom. The van der Waals surface area contributed by atoms with Crippen LogP contribution in [0.2, 0.25) is 0 Å². The summed E-state index contributed by atoms with van der Waals surface area (Å²) in [6, 6.07) is 4.93. The lowest BCUT2D eigenvalue weighted by atomic mass is 10.2. The summed E-state index contributed by atoms with van der Waals surface area (Å²) in [6.07, 6.45) is 0.302. The van der Waals surface area contributed by atoms with Gasteiger partial charge in [0.05, 0.1) is 10.2 Å². The number of carboxylic acids is 1. The molecule has 1 aromatic carbocycles. The number of thioether (sulfide) groups is 1. The average Bonchev–Trinajstić information content (AvgIpc) is 2.44. The molecule has 0 aliphatic carbocycles. The van der Waals surface area contributed by atoms with Crippen molar-refractivity contribution >= 4 is 29.3 Å². The summed E-state index contributed by atoms with van der Waals surface area (Å²) in [4.78, 5) is 33.5. The number of aliphatic carboxylic acids is 1. The molecule has 2 atom stereocenters. The van der Waals surface area contributed by atoms with E-state index in [4.69, 9.17) is 5.11 Å². The second-order valence-corrected chi connectivity index (χ2v) is 5.73. The Bertz CT molecular complexity index is 532. The minimum absolute atomic E-state index is 0.0200. The Labute approximate surface area is 125 Å². The van der Waals surface area contributed by atoms with Crippen molar-refractivity contribution in [3.05, 3.63) is 34.4 Å². The molecule has 2 N–H and O–H groups in total. The molecule has 21 heavy (non-hydrogen) atoms. The summed E-state index contributed by atoms with van der Waals surface area (Å²) >= 11 is 1.21. The highest BCUT2D eigenvalue weighted by atomic mass is 32.2. The molecular formula is C13H16N2O5S. The number of carbonyl (C=O) groups is 2. The number of nitrogens with zero attached hydrogens (tertiary/aromatic N) is 1. The Morgan fingerprint density at radius 3 is 2.38 bits per heavy atom. The molecule has 114 valence electrons. The fourth-order valence-electron chi connectivity index (χ4n) is 1.53. The van der Waals surface area contributed by atoms with Crippen LogP contribution in [-0.4, -0.2) is 33.2 Å². The molecular weight excluding hydrogens is 296 g/mol. The molecule has 1 amide bonds. The third-order valence-corrected chi connectivity index (χ3v) is 3.86. The first-order chi connectivity index (χ1) is 9.85. The minimum atomic E-state index is -1.07. The quantitative estimate of drug-likeness (QED) is 0.453. The van der Waals surface area contributed by atoms with Crippen molar-refractivity contribution in [1.82, 2.24) is 5.32 Å². The SMILES string of the molecule is CCC(NC(=O)C(C)Sc1ccc([N+](=O)[O-])cc1)C(=O)O. The summed E-state index contributed by atoms with van der Waals surface area (Å²) in [5.74, 6) is -1.45. The van der Waals surface area contributed by atoms with Crippen LogP contribution < -0.4 is 5.32 Å². The first-order valence-corrected chi connectivity index (χ1v) is 7.17. The number of rotatable bonds is 7. The Balaban J connectivity index is 2.63. The van der Waals surface area contributed by atoms with Crippen molar-refractivity contribution in [1.29, 1.82) is 0 Å². The van der Waals surface area contributed by atoms with Crippen LogP contribution in [0.25, 0.3) is 0 Å². The van der Waals surface area contributed by atoms with E-state index in [-0.39, 0.29) is 11.6 Å². The van der Waals surface area contributed by atoms with Crippen LogP contribution in [0.4, 0.5) is 5.69 Å². The number of nitro groups is 1. The highest BCUT2D eigenvalue weighted by Gasteiger charge is 2.22. The molecule has 0 radical (unpaired) electrons. The normalized spacial score (nSPS) is 13.2. The zero-order chi connectivity index (χ0) is 16.0. The van der Waals surface area contributed by atoms with Crippen LogP contribution in [-0.2, 0) is 9.59 Å². The van der Waals surface area contributed by atoms with E-state index in [0.29, 0.717) is 11.3 Å². The van der Waals surface area contributed by atoms with Gasteiger partial charge in [-0.25, -0.2) is 4.79 Å². The summed E-state index contributed by atoms with van der Waals surface area (Å²) in [6.45, 7) is 3.32. The van der Waals surface area contributed by atoms with E-state index in [1.54, 1.807) is 26.0 Å². The number of hydrogen-bond acceptors (Lipinski definition) is 5. The maximum atomic E-state index is 11.9. The van der Waals surface area contributed by atoms with E-state index < -0.39 is 22.2 Å². The van der Waals surface area contributed by atoms with Gasteiger partial charge in [0.15, 0.2) is 0 Å². The van der Waals surface area contributed by atoms with Gasteiger partial charge in [-0.1, -0.05) is 6.92 Å². The predicted molar refractivity (Wildman–Crippen MR) is 78.3 cm³/mol. The number of non-ortho nitro benzene ring substituents is 1. The van der Waals surface area contributed by atoms with Crippen molar-refractivity contribution in [2.75, 3.05) is 0 Å². The van der Waals surface area contributed by atoms with Crippen LogP contribution in [0.5, 0.6) is 0 Å². The summed E-state index contributed by atoms with van der Waals surface area (Å²) in [5, 5.41) is 21.4. The maximum absolute atomic E-state index is 11.9. The first-order valence-electron chi connectivity index (χ1n) is 6.29. The van der Waals surface area contributed by atoms with Gasteiger partial charge in [-0.2, -0.15) is 0 Å². The van der Waals surface area contributed by atoms with E-state index in [0.717, 1.165) is 0 Å². The molecule has 2 unspecified atom stereocenters. The zero-order valence-electron chi connectivity index (χ0n) is 11.6. The van der Waals surface area contributed by atoms with E-state index >= 15 is 0 Å². The first kappa shape index (κ1) is 17.0. The molecule has 0 saturated heterocycles. The largest absolute Gasteiger partial charge is 0.480 e. The second kappa shape index (κ2) is 7.63. The zero-order valence-corrected chi connectivity index (χ0v) is 12.4.